The lowest BCUT2D eigenvalue weighted by atomic mass is 10.0. The van der Waals surface area contributed by atoms with E-state index in [0.29, 0.717) is 23.8 Å². The van der Waals surface area contributed by atoms with Gasteiger partial charge in [0.1, 0.15) is 5.75 Å². The van der Waals surface area contributed by atoms with Gasteiger partial charge in [0.15, 0.2) is 6.61 Å². The van der Waals surface area contributed by atoms with E-state index < -0.39 is 5.91 Å². The van der Waals surface area contributed by atoms with Crippen LogP contribution in [0.2, 0.25) is 0 Å². The van der Waals surface area contributed by atoms with Gasteiger partial charge in [-0.25, -0.2) is 0 Å². The van der Waals surface area contributed by atoms with Crippen molar-refractivity contribution >= 4 is 11.8 Å². The topological polar surface area (TPSA) is 90.7 Å². The standard InChI is InChI=1S/C21H24N2O4/c22-20(24)14-27-19-6-4-16(5-7-19)17-2-1-3-18(12-17)21(25)23-10-8-15-9-11-26-13-15/h1-7,12,15H,8-11,13-14H2,(H2,22,24)(H,23,25)/t15-/m1/s1. The fourth-order valence-corrected chi connectivity index (χ4v) is 3.04. The molecule has 2 amide bonds. The van der Waals surface area contributed by atoms with Crippen molar-refractivity contribution in [3.63, 3.8) is 0 Å². The van der Waals surface area contributed by atoms with Gasteiger partial charge < -0.3 is 20.5 Å². The van der Waals surface area contributed by atoms with Gasteiger partial charge >= 0.3 is 0 Å². The summed E-state index contributed by atoms with van der Waals surface area (Å²) in [7, 11) is 0. The summed E-state index contributed by atoms with van der Waals surface area (Å²) < 4.78 is 10.6. The lowest BCUT2D eigenvalue weighted by Gasteiger charge is -2.10. The molecule has 0 saturated carbocycles. The molecule has 6 nitrogen and oxygen atoms in total. The van der Waals surface area contributed by atoms with Gasteiger partial charge in [0.2, 0.25) is 0 Å². The van der Waals surface area contributed by atoms with Crippen LogP contribution < -0.4 is 15.8 Å². The summed E-state index contributed by atoms with van der Waals surface area (Å²) in [5, 5.41) is 2.98. The molecule has 1 fully saturated rings. The molecule has 1 aliphatic rings. The van der Waals surface area contributed by atoms with Gasteiger partial charge in [-0.2, -0.15) is 0 Å². The predicted octanol–water partition coefficient (Wildman–Crippen LogP) is 2.37. The first-order valence-corrected chi connectivity index (χ1v) is 9.09. The van der Waals surface area contributed by atoms with Crippen LogP contribution in [0.5, 0.6) is 5.75 Å². The molecule has 2 aromatic rings. The Morgan fingerprint density at radius 3 is 2.67 bits per heavy atom. The number of nitrogens with two attached hydrogens (primary N) is 1. The highest BCUT2D eigenvalue weighted by molar-refractivity contribution is 5.95. The molecule has 1 atom stereocenters. The number of benzene rings is 2. The highest BCUT2D eigenvalue weighted by atomic mass is 16.5. The summed E-state index contributed by atoms with van der Waals surface area (Å²) >= 11 is 0. The van der Waals surface area contributed by atoms with Crippen LogP contribution in [0.1, 0.15) is 23.2 Å². The number of primary amides is 1. The molecule has 1 heterocycles. The molecule has 6 heteroatoms. The normalized spacial score (nSPS) is 16.1. The highest BCUT2D eigenvalue weighted by Gasteiger charge is 2.15. The molecule has 142 valence electrons. The van der Waals surface area contributed by atoms with Crippen molar-refractivity contribution in [2.45, 2.75) is 12.8 Å². The summed E-state index contributed by atoms with van der Waals surface area (Å²) in [5.74, 6) is 0.532. The third kappa shape index (κ3) is 5.56. The second-order valence-electron chi connectivity index (χ2n) is 6.63. The lowest BCUT2D eigenvalue weighted by molar-refractivity contribution is -0.119. The predicted molar refractivity (Wildman–Crippen MR) is 102 cm³/mol. The monoisotopic (exact) mass is 368 g/mol. The van der Waals surface area contributed by atoms with Crippen LogP contribution in [0.25, 0.3) is 11.1 Å². The molecule has 1 saturated heterocycles. The SMILES string of the molecule is NC(=O)COc1ccc(-c2cccc(C(=O)NCC[C@@H]3CCOC3)c2)cc1. The van der Waals surface area contributed by atoms with Crippen LogP contribution in [0.3, 0.4) is 0 Å². The van der Waals surface area contributed by atoms with E-state index in [2.05, 4.69) is 5.32 Å². The number of carbonyl (C=O) groups is 2. The van der Waals surface area contributed by atoms with Crippen molar-refractivity contribution in [2.24, 2.45) is 11.7 Å². The number of rotatable bonds is 8. The minimum absolute atomic E-state index is 0.0721. The van der Waals surface area contributed by atoms with Gasteiger partial charge in [-0.05, 0) is 54.2 Å². The number of hydrogen-bond acceptors (Lipinski definition) is 4. The van der Waals surface area contributed by atoms with E-state index >= 15 is 0 Å². The number of amides is 2. The molecule has 0 unspecified atom stereocenters. The van der Waals surface area contributed by atoms with Gasteiger partial charge in [-0.1, -0.05) is 24.3 Å². The van der Waals surface area contributed by atoms with E-state index in [9.17, 15) is 9.59 Å². The Kier molecular flexibility index (Phi) is 6.44. The van der Waals surface area contributed by atoms with E-state index in [4.69, 9.17) is 15.2 Å². The Balaban J connectivity index is 1.58. The van der Waals surface area contributed by atoms with Gasteiger partial charge in [-0.3, -0.25) is 9.59 Å². The van der Waals surface area contributed by atoms with E-state index in [-0.39, 0.29) is 12.5 Å². The molecule has 0 spiro atoms. The summed E-state index contributed by atoms with van der Waals surface area (Å²) in [5.41, 5.74) is 7.59. The molecule has 0 aliphatic carbocycles. The third-order valence-corrected chi connectivity index (χ3v) is 4.56. The van der Waals surface area contributed by atoms with E-state index in [1.807, 2.05) is 36.4 Å². The largest absolute Gasteiger partial charge is 0.484 e. The van der Waals surface area contributed by atoms with E-state index in [1.165, 1.54) is 0 Å². The van der Waals surface area contributed by atoms with Crippen LogP contribution in [0.15, 0.2) is 48.5 Å². The van der Waals surface area contributed by atoms with Crippen molar-refractivity contribution in [3.05, 3.63) is 54.1 Å². The lowest BCUT2D eigenvalue weighted by Crippen LogP contribution is -2.26. The van der Waals surface area contributed by atoms with E-state index in [0.717, 1.165) is 37.2 Å². The molecule has 27 heavy (non-hydrogen) atoms. The minimum Gasteiger partial charge on any atom is -0.484 e. The molecule has 3 N–H and O–H groups in total. The Morgan fingerprint density at radius 2 is 1.96 bits per heavy atom. The smallest absolute Gasteiger partial charge is 0.255 e. The second kappa shape index (κ2) is 9.19. The van der Waals surface area contributed by atoms with Crippen molar-refractivity contribution < 1.29 is 19.1 Å². The third-order valence-electron chi connectivity index (χ3n) is 4.56. The number of hydrogen-bond donors (Lipinski definition) is 2. The van der Waals surface area contributed by atoms with Crippen LogP contribution in [-0.4, -0.2) is 38.2 Å². The molecule has 0 bridgehead atoms. The molecule has 0 aromatic heterocycles. The number of carbonyl (C=O) groups excluding carboxylic acids is 2. The van der Waals surface area contributed by atoms with Gasteiger partial charge in [0.25, 0.3) is 11.8 Å². The first kappa shape index (κ1) is 18.9. The van der Waals surface area contributed by atoms with Gasteiger partial charge in [0.05, 0.1) is 0 Å². The van der Waals surface area contributed by atoms with Crippen LogP contribution in [0, 0.1) is 5.92 Å². The summed E-state index contributed by atoms with van der Waals surface area (Å²) in [4.78, 5) is 23.2. The minimum atomic E-state index is -0.516. The molecule has 3 rings (SSSR count). The first-order chi connectivity index (χ1) is 13.1. The fourth-order valence-electron chi connectivity index (χ4n) is 3.04. The first-order valence-electron chi connectivity index (χ1n) is 9.09. The average Bonchev–Trinajstić information content (AvgIpc) is 3.20. The Labute approximate surface area is 158 Å². The number of ether oxygens (including phenoxy) is 2. The quantitative estimate of drug-likeness (QED) is 0.748. The number of nitrogens with one attached hydrogen (secondary N) is 1. The van der Waals surface area contributed by atoms with Gasteiger partial charge in [0, 0.05) is 25.3 Å². The van der Waals surface area contributed by atoms with Crippen molar-refractivity contribution in [1.82, 2.24) is 5.32 Å². The van der Waals surface area contributed by atoms with Crippen LogP contribution >= 0.6 is 0 Å². The average molecular weight is 368 g/mol. The molecule has 2 aromatic carbocycles. The zero-order chi connectivity index (χ0) is 19.1. The van der Waals surface area contributed by atoms with Crippen molar-refractivity contribution in [3.8, 4) is 16.9 Å². The van der Waals surface area contributed by atoms with E-state index in [1.54, 1.807) is 12.1 Å². The van der Waals surface area contributed by atoms with Crippen LogP contribution in [0.4, 0.5) is 0 Å². The zero-order valence-corrected chi connectivity index (χ0v) is 15.1. The Bertz CT molecular complexity index is 783. The van der Waals surface area contributed by atoms with Gasteiger partial charge in [-0.15, -0.1) is 0 Å². The maximum Gasteiger partial charge on any atom is 0.255 e. The summed E-state index contributed by atoms with van der Waals surface area (Å²) in [6, 6.07) is 14.8. The second-order valence-corrected chi connectivity index (χ2v) is 6.63. The Hall–Kier alpha value is -2.86. The molecular formula is C21H24N2O4. The van der Waals surface area contributed by atoms with Crippen LogP contribution in [-0.2, 0) is 9.53 Å². The van der Waals surface area contributed by atoms with Crippen molar-refractivity contribution in [1.29, 1.82) is 0 Å². The Morgan fingerprint density at radius 1 is 1.15 bits per heavy atom. The maximum atomic E-state index is 12.4. The molecular weight excluding hydrogens is 344 g/mol. The highest BCUT2D eigenvalue weighted by Crippen LogP contribution is 2.23. The summed E-state index contributed by atoms with van der Waals surface area (Å²) in [6.07, 6.45) is 2.02. The summed E-state index contributed by atoms with van der Waals surface area (Å²) in [6.45, 7) is 2.13. The van der Waals surface area contributed by atoms with Crippen molar-refractivity contribution in [2.75, 3.05) is 26.4 Å². The zero-order valence-electron chi connectivity index (χ0n) is 15.1. The fraction of sp³-hybridized carbons (Fsp3) is 0.333. The molecule has 1 aliphatic heterocycles. The maximum absolute atomic E-state index is 12.4. The molecule has 0 radical (unpaired) electrons.